The van der Waals surface area contributed by atoms with E-state index in [0.717, 1.165) is 0 Å². The first-order valence-corrected chi connectivity index (χ1v) is 5.69. The van der Waals surface area contributed by atoms with Gasteiger partial charge in [-0.15, -0.1) is 13.2 Å². The third kappa shape index (κ3) is 17.3. The molecular weight excluding hydrogens is 220 g/mol. The summed E-state index contributed by atoms with van der Waals surface area (Å²) in [5.41, 5.74) is -0.0171. The minimum Gasteiger partial charge on any atom is -0.481 e. The maximum atomic E-state index is 11.2. The molecule has 1 N–H and O–H groups in total. The average Bonchev–Trinajstić information content (AvgIpc) is 2.23. The maximum absolute atomic E-state index is 11.2. The lowest BCUT2D eigenvalue weighted by atomic mass is 9.99. The minimum atomic E-state index is -0.821. The van der Waals surface area contributed by atoms with Crippen LogP contribution in [0.1, 0.15) is 46.5 Å². The van der Waals surface area contributed by atoms with E-state index in [4.69, 9.17) is 9.84 Å². The number of hydrogen-bond acceptors (Lipinski definition) is 3. The number of unbranched alkanes of at least 4 members (excludes halogenated alkanes) is 1. The topological polar surface area (TPSA) is 63.6 Å². The smallest absolute Gasteiger partial charge is 0.305 e. The molecule has 0 bridgehead atoms. The molecule has 0 amide bonds. The van der Waals surface area contributed by atoms with E-state index in [0.29, 0.717) is 25.9 Å². The maximum Gasteiger partial charge on any atom is 0.305 e. The number of ether oxygens (including phenoxy) is 1. The lowest BCUT2D eigenvalue weighted by Gasteiger charge is -2.17. The molecule has 17 heavy (non-hydrogen) atoms. The van der Waals surface area contributed by atoms with Crippen molar-refractivity contribution in [2.24, 2.45) is 5.41 Å². The molecule has 0 aliphatic rings. The Kier molecular flexibility index (Phi) is 10.5. The van der Waals surface area contributed by atoms with E-state index < -0.39 is 5.97 Å². The molecule has 100 valence electrons. The Labute approximate surface area is 104 Å². The molecule has 0 aromatic rings. The number of carbonyl (C=O) groups is 2. The van der Waals surface area contributed by atoms with Crippen LogP contribution in [0.15, 0.2) is 13.2 Å². The Morgan fingerprint density at radius 2 is 1.59 bits per heavy atom. The van der Waals surface area contributed by atoms with Gasteiger partial charge in [-0.3, -0.25) is 9.59 Å². The van der Waals surface area contributed by atoms with Gasteiger partial charge in [-0.25, -0.2) is 0 Å². The van der Waals surface area contributed by atoms with E-state index in [1.165, 1.54) is 0 Å². The number of aliphatic carboxylic acids is 1. The van der Waals surface area contributed by atoms with Crippen LogP contribution in [0.3, 0.4) is 0 Å². The van der Waals surface area contributed by atoms with Crippen molar-refractivity contribution >= 4 is 11.9 Å². The highest BCUT2D eigenvalue weighted by Crippen LogP contribution is 2.13. The van der Waals surface area contributed by atoms with E-state index in [-0.39, 0.29) is 17.8 Å². The molecule has 4 nitrogen and oxygen atoms in total. The van der Waals surface area contributed by atoms with Crippen LogP contribution in [0.2, 0.25) is 0 Å². The van der Waals surface area contributed by atoms with Gasteiger partial charge >= 0.3 is 11.9 Å². The molecule has 0 unspecified atom stereocenters. The predicted octanol–water partition coefficient (Wildman–Crippen LogP) is 3.02. The van der Waals surface area contributed by atoms with Crippen LogP contribution >= 0.6 is 0 Å². The van der Waals surface area contributed by atoms with Crippen molar-refractivity contribution in [2.75, 3.05) is 6.61 Å². The van der Waals surface area contributed by atoms with E-state index in [1.807, 2.05) is 20.8 Å². The van der Waals surface area contributed by atoms with Gasteiger partial charge in [0.1, 0.15) is 0 Å². The summed E-state index contributed by atoms with van der Waals surface area (Å²) in [6.07, 6.45) is 1.53. The van der Waals surface area contributed by atoms with Crippen molar-refractivity contribution in [1.82, 2.24) is 0 Å². The van der Waals surface area contributed by atoms with Crippen LogP contribution in [0.25, 0.3) is 0 Å². The highest BCUT2D eigenvalue weighted by Gasteiger charge is 2.13. The fraction of sp³-hybridized carbons (Fsp3) is 0.692. The number of hydrogen-bond donors (Lipinski definition) is 1. The number of esters is 1. The molecule has 0 atom stereocenters. The van der Waals surface area contributed by atoms with Gasteiger partial charge in [0, 0.05) is 12.8 Å². The third-order valence-electron chi connectivity index (χ3n) is 1.69. The van der Waals surface area contributed by atoms with Crippen molar-refractivity contribution in [3.63, 3.8) is 0 Å². The number of carboxylic acids is 1. The molecule has 0 rings (SSSR count). The fourth-order valence-electron chi connectivity index (χ4n) is 0.915. The van der Waals surface area contributed by atoms with Crippen molar-refractivity contribution in [3.8, 4) is 0 Å². The summed E-state index contributed by atoms with van der Waals surface area (Å²) < 4.78 is 5.03. The molecule has 0 heterocycles. The van der Waals surface area contributed by atoms with Crippen LogP contribution in [-0.2, 0) is 14.3 Å². The quantitative estimate of drug-likeness (QED) is 0.443. The second-order valence-electron chi connectivity index (χ2n) is 4.82. The number of rotatable bonds is 6. The van der Waals surface area contributed by atoms with Crippen LogP contribution in [0.4, 0.5) is 0 Å². The molecule has 0 spiro atoms. The van der Waals surface area contributed by atoms with E-state index in [9.17, 15) is 9.59 Å². The molecule has 0 fully saturated rings. The zero-order valence-corrected chi connectivity index (χ0v) is 11.1. The van der Waals surface area contributed by atoms with Gasteiger partial charge in [0.15, 0.2) is 0 Å². The van der Waals surface area contributed by atoms with Gasteiger partial charge < -0.3 is 9.84 Å². The SMILES string of the molecule is C=C.CC(C)(C)COC(=O)CCCCC(=O)O. The molecule has 0 radical (unpaired) electrons. The van der Waals surface area contributed by atoms with Crippen molar-refractivity contribution in [2.45, 2.75) is 46.5 Å². The summed E-state index contributed by atoms with van der Waals surface area (Å²) in [6.45, 7) is 12.4. The Bertz CT molecular complexity index is 228. The first-order valence-electron chi connectivity index (χ1n) is 5.69. The van der Waals surface area contributed by atoms with Gasteiger partial charge in [0.05, 0.1) is 6.61 Å². The Morgan fingerprint density at radius 3 is 2.00 bits per heavy atom. The molecule has 4 heteroatoms. The molecule has 0 aromatic carbocycles. The Morgan fingerprint density at radius 1 is 1.12 bits per heavy atom. The zero-order valence-electron chi connectivity index (χ0n) is 11.1. The molecule has 0 saturated carbocycles. The molecule has 0 aliphatic carbocycles. The molecule has 0 aromatic heterocycles. The second-order valence-corrected chi connectivity index (χ2v) is 4.82. The summed E-state index contributed by atoms with van der Waals surface area (Å²) in [5, 5.41) is 8.37. The van der Waals surface area contributed by atoms with Gasteiger partial charge in [0.2, 0.25) is 0 Å². The second kappa shape index (κ2) is 9.87. The number of carboxylic acid groups (broad SMARTS) is 1. The average molecular weight is 244 g/mol. The van der Waals surface area contributed by atoms with E-state index in [2.05, 4.69) is 13.2 Å². The molecule has 0 saturated heterocycles. The highest BCUT2D eigenvalue weighted by molar-refractivity contribution is 5.69. The Balaban J connectivity index is 0. The van der Waals surface area contributed by atoms with Crippen LogP contribution in [0, 0.1) is 5.41 Å². The third-order valence-corrected chi connectivity index (χ3v) is 1.69. The highest BCUT2D eigenvalue weighted by atomic mass is 16.5. The van der Waals surface area contributed by atoms with Crippen LogP contribution < -0.4 is 0 Å². The van der Waals surface area contributed by atoms with Crippen LogP contribution in [-0.4, -0.2) is 23.7 Å². The van der Waals surface area contributed by atoms with Crippen molar-refractivity contribution in [1.29, 1.82) is 0 Å². The standard InChI is InChI=1S/C11H20O4.C2H4/c1-11(2,3)8-15-10(14)7-5-4-6-9(12)13;1-2/h4-8H2,1-3H3,(H,12,13);1-2H2. The van der Waals surface area contributed by atoms with E-state index >= 15 is 0 Å². The number of carbonyl (C=O) groups excluding carboxylic acids is 1. The molecular formula is C13H24O4. The summed E-state index contributed by atoms with van der Waals surface area (Å²) >= 11 is 0. The first kappa shape index (κ1) is 18.1. The lowest BCUT2D eigenvalue weighted by Crippen LogP contribution is -2.18. The monoisotopic (exact) mass is 244 g/mol. The van der Waals surface area contributed by atoms with Gasteiger partial charge in [-0.1, -0.05) is 20.8 Å². The zero-order chi connectivity index (χ0) is 13.9. The normalized spacial score (nSPS) is 10.1. The fourth-order valence-corrected chi connectivity index (χ4v) is 0.915. The van der Waals surface area contributed by atoms with Crippen molar-refractivity contribution < 1.29 is 19.4 Å². The van der Waals surface area contributed by atoms with Crippen molar-refractivity contribution in [3.05, 3.63) is 13.2 Å². The van der Waals surface area contributed by atoms with Gasteiger partial charge in [-0.05, 0) is 18.3 Å². The Hall–Kier alpha value is -1.32. The minimum absolute atomic E-state index is 0.0171. The largest absolute Gasteiger partial charge is 0.481 e. The summed E-state index contributed by atoms with van der Waals surface area (Å²) in [5.74, 6) is -1.06. The summed E-state index contributed by atoms with van der Waals surface area (Å²) in [7, 11) is 0. The summed E-state index contributed by atoms with van der Waals surface area (Å²) in [6, 6.07) is 0. The van der Waals surface area contributed by atoms with Gasteiger partial charge in [-0.2, -0.15) is 0 Å². The summed E-state index contributed by atoms with van der Waals surface area (Å²) in [4.78, 5) is 21.3. The first-order chi connectivity index (χ1) is 7.81. The lowest BCUT2D eigenvalue weighted by molar-refractivity contribution is -0.147. The molecule has 0 aliphatic heterocycles. The van der Waals surface area contributed by atoms with Gasteiger partial charge in [0.25, 0.3) is 0 Å². The van der Waals surface area contributed by atoms with Crippen LogP contribution in [0.5, 0.6) is 0 Å². The van der Waals surface area contributed by atoms with E-state index in [1.54, 1.807) is 0 Å². The predicted molar refractivity (Wildman–Crippen MR) is 67.8 cm³/mol.